The summed E-state index contributed by atoms with van der Waals surface area (Å²) in [5, 5.41) is 18.6. The van der Waals surface area contributed by atoms with Crippen LogP contribution in [0.4, 0.5) is 5.69 Å². The van der Waals surface area contributed by atoms with Gasteiger partial charge in [0.15, 0.2) is 10.9 Å². The number of ether oxygens (including phenoxy) is 1. The van der Waals surface area contributed by atoms with E-state index in [1.165, 1.54) is 6.07 Å². The smallest absolute Gasteiger partial charge is 0.239 e. The molecule has 0 bridgehead atoms. The third-order valence-corrected chi connectivity index (χ3v) is 4.19. The number of aliphatic hydroxyl groups excluding tert-OH is 1. The Balaban J connectivity index is 2.33. The van der Waals surface area contributed by atoms with Crippen molar-refractivity contribution in [2.45, 2.75) is 20.0 Å². The molecule has 0 amide bonds. The Labute approximate surface area is 167 Å². The summed E-state index contributed by atoms with van der Waals surface area (Å²) in [6.45, 7) is 3.73. The van der Waals surface area contributed by atoms with Crippen LogP contribution in [0.15, 0.2) is 23.2 Å². The molecule has 1 N–H and O–H groups in total. The van der Waals surface area contributed by atoms with Crippen molar-refractivity contribution in [3.63, 3.8) is 0 Å². The lowest BCUT2D eigenvalue weighted by atomic mass is 10.0. The van der Waals surface area contributed by atoms with E-state index >= 15 is 0 Å². The van der Waals surface area contributed by atoms with Gasteiger partial charge in [0.1, 0.15) is 0 Å². The summed E-state index contributed by atoms with van der Waals surface area (Å²) in [5.41, 5.74) is 1.00. The maximum atomic E-state index is 10.2. The standard InChI is InChI=1S/C17H19Cl3N4O2/c1-9(2)15(25)11-7-14(22-23-17(11)20)26-16-12(18)5-10(6-13(16)19)21-8-24(3)4/h5-9,15,25H,1-4H3/b21-8-. The molecule has 26 heavy (non-hydrogen) atoms. The Bertz CT molecular complexity index is 790. The van der Waals surface area contributed by atoms with Crippen LogP contribution in [0.1, 0.15) is 25.5 Å². The molecule has 1 aromatic carbocycles. The molecule has 9 heteroatoms. The van der Waals surface area contributed by atoms with Crippen LogP contribution in [0.3, 0.4) is 0 Å². The van der Waals surface area contributed by atoms with Gasteiger partial charge in [-0.05, 0) is 18.1 Å². The van der Waals surface area contributed by atoms with Crippen LogP contribution in [0.5, 0.6) is 11.6 Å². The van der Waals surface area contributed by atoms with Crippen molar-refractivity contribution < 1.29 is 9.84 Å². The van der Waals surface area contributed by atoms with E-state index in [-0.39, 0.29) is 32.7 Å². The number of rotatable bonds is 6. The molecule has 2 aromatic rings. The number of hydrogen-bond acceptors (Lipinski definition) is 5. The first-order valence-corrected chi connectivity index (χ1v) is 8.91. The van der Waals surface area contributed by atoms with Gasteiger partial charge in [-0.25, -0.2) is 4.99 Å². The van der Waals surface area contributed by atoms with E-state index in [1.807, 2.05) is 27.9 Å². The average Bonchev–Trinajstić information content (AvgIpc) is 2.56. The minimum atomic E-state index is -0.797. The van der Waals surface area contributed by atoms with Crippen molar-refractivity contribution in [2.75, 3.05) is 14.1 Å². The summed E-state index contributed by atoms with van der Waals surface area (Å²) < 4.78 is 5.68. The van der Waals surface area contributed by atoms with Gasteiger partial charge in [0.25, 0.3) is 0 Å². The van der Waals surface area contributed by atoms with Crippen molar-refractivity contribution in [1.82, 2.24) is 15.1 Å². The summed E-state index contributed by atoms with van der Waals surface area (Å²) >= 11 is 18.5. The predicted octanol–water partition coefficient (Wildman–Crippen LogP) is 5.14. The van der Waals surface area contributed by atoms with Gasteiger partial charge < -0.3 is 14.7 Å². The zero-order valence-electron chi connectivity index (χ0n) is 14.7. The Morgan fingerprint density at radius 3 is 2.27 bits per heavy atom. The molecule has 0 aliphatic heterocycles. The molecule has 0 fully saturated rings. The monoisotopic (exact) mass is 416 g/mol. The van der Waals surface area contributed by atoms with Crippen LogP contribution >= 0.6 is 34.8 Å². The Hall–Kier alpha value is -1.60. The molecule has 1 aromatic heterocycles. The molecule has 0 radical (unpaired) electrons. The molecule has 0 saturated heterocycles. The van der Waals surface area contributed by atoms with Gasteiger partial charge in [0.05, 0.1) is 28.2 Å². The van der Waals surface area contributed by atoms with Gasteiger partial charge in [-0.3, -0.25) is 0 Å². The molecule has 0 aliphatic rings. The van der Waals surface area contributed by atoms with Crippen molar-refractivity contribution in [1.29, 1.82) is 0 Å². The number of aliphatic imine (C=N–C) groups is 1. The summed E-state index contributed by atoms with van der Waals surface area (Å²) in [6.07, 6.45) is 0.835. The van der Waals surface area contributed by atoms with E-state index in [1.54, 1.807) is 23.4 Å². The molecule has 1 heterocycles. The Kier molecular flexibility index (Phi) is 7.06. The average molecular weight is 418 g/mol. The molecule has 140 valence electrons. The van der Waals surface area contributed by atoms with Crippen LogP contribution in [-0.2, 0) is 0 Å². The van der Waals surface area contributed by atoms with Crippen molar-refractivity contribution >= 4 is 46.8 Å². The Morgan fingerprint density at radius 2 is 1.73 bits per heavy atom. The number of aliphatic hydroxyl groups is 1. The molecule has 0 spiro atoms. The maximum absolute atomic E-state index is 10.2. The van der Waals surface area contributed by atoms with Crippen molar-refractivity contribution in [3.8, 4) is 11.6 Å². The lowest BCUT2D eigenvalue weighted by Gasteiger charge is -2.16. The predicted molar refractivity (Wildman–Crippen MR) is 105 cm³/mol. The van der Waals surface area contributed by atoms with Crippen LogP contribution in [0.2, 0.25) is 15.2 Å². The number of hydrogen-bond donors (Lipinski definition) is 1. The normalized spacial score (nSPS) is 12.7. The summed E-state index contributed by atoms with van der Waals surface area (Å²) in [5.74, 6) is 0.293. The van der Waals surface area contributed by atoms with E-state index in [0.717, 1.165) is 0 Å². The lowest BCUT2D eigenvalue weighted by Crippen LogP contribution is -2.08. The van der Waals surface area contributed by atoms with Crippen LogP contribution in [0.25, 0.3) is 0 Å². The van der Waals surface area contributed by atoms with E-state index < -0.39 is 6.10 Å². The Morgan fingerprint density at radius 1 is 1.12 bits per heavy atom. The van der Waals surface area contributed by atoms with Crippen LogP contribution < -0.4 is 4.74 Å². The minimum Gasteiger partial charge on any atom is -0.434 e. The second kappa shape index (κ2) is 8.86. The summed E-state index contributed by atoms with van der Waals surface area (Å²) in [7, 11) is 3.71. The molecule has 0 aliphatic carbocycles. The van der Waals surface area contributed by atoms with E-state index in [2.05, 4.69) is 15.2 Å². The number of benzene rings is 1. The fourth-order valence-electron chi connectivity index (χ4n) is 1.99. The molecule has 6 nitrogen and oxygen atoms in total. The summed E-state index contributed by atoms with van der Waals surface area (Å²) in [4.78, 5) is 6.03. The fourth-order valence-corrected chi connectivity index (χ4v) is 2.75. The molecule has 2 rings (SSSR count). The largest absolute Gasteiger partial charge is 0.434 e. The fraction of sp³-hybridized carbons (Fsp3) is 0.353. The summed E-state index contributed by atoms with van der Waals surface area (Å²) in [6, 6.07) is 4.76. The lowest BCUT2D eigenvalue weighted by molar-refractivity contribution is 0.126. The van der Waals surface area contributed by atoms with Crippen LogP contribution in [0, 0.1) is 5.92 Å². The van der Waals surface area contributed by atoms with Gasteiger partial charge >= 0.3 is 0 Å². The van der Waals surface area contributed by atoms with Crippen molar-refractivity contribution in [3.05, 3.63) is 39.0 Å². The highest BCUT2D eigenvalue weighted by Gasteiger charge is 2.19. The zero-order valence-corrected chi connectivity index (χ0v) is 17.0. The van der Waals surface area contributed by atoms with Crippen LogP contribution in [-0.4, -0.2) is 40.6 Å². The molecule has 1 atom stereocenters. The zero-order chi connectivity index (χ0) is 19.4. The molecule has 1 unspecified atom stereocenters. The second-order valence-electron chi connectivity index (χ2n) is 6.17. The third-order valence-electron chi connectivity index (χ3n) is 3.33. The molecule has 0 saturated carbocycles. The topological polar surface area (TPSA) is 70.8 Å². The van der Waals surface area contributed by atoms with E-state index in [9.17, 15) is 5.11 Å². The van der Waals surface area contributed by atoms with Gasteiger partial charge in [-0.1, -0.05) is 48.7 Å². The van der Waals surface area contributed by atoms with Gasteiger partial charge in [-0.15, -0.1) is 10.2 Å². The maximum Gasteiger partial charge on any atom is 0.239 e. The first kappa shape index (κ1) is 20.7. The van der Waals surface area contributed by atoms with E-state index in [4.69, 9.17) is 39.5 Å². The first-order chi connectivity index (χ1) is 12.2. The molecular formula is C17H19Cl3N4O2. The van der Waals surface area contributed by atoms with Gasteiger partial charge in [0, 0.05) is 25.7 Å². The highest BCUT2D eigenvalue weighted by Crippen LogP contribution is 2.40. The van der Waals surface area contributed by atoms with Gasteiger partial charge in [-0.2, -0.15) is 0 Å². The third kappa shape index (κ3) is 5.20. The molecular weight excluding hydrogens is 399 g/mol. The SMILES string of the molecule is CC(C)C(O)c1cc(Oc2c(Cl)cc(/N=C\N(C)C)cc2Cl)nnc1Cl. The minimum absolute atomic E-state index is 0.0504. The number of aromatic nitrogens is 2. The van der Waals surface area contributed by atoms with Gasteiger partial charge in [0.2, 0.25) is 5.88 Å². The number of nitrogens with zero attached hydrogens (tertiary/aromatic N) is 4. The van der Waals surface area contributed by atoms with E-state index in [0.29, 0.717) is 11.3 Å². The highest BCUT2D eigenvalue weighted by molar-refractivity contribution is 6.37. The quantitative estimate of drug-likeness (QED) is 0.520. The second-order valence-corrected chi connectivity index (χ2v) is 7.34. The highest BCUT2D eigenvalue weighted by atomic mass is 35.5. The van der Waals surface area contributed by atoms with Crippen molar-refractivity contribution in [2.24, 2.45) is 10.9 Å². The number of halogens is 3. The first-order valence-electron chi connectivity index (χ1n) is 7.77.